The van der Waals surface area contributed by atoms with Gasteiger partial charge in [-0.2, -0.15) is 0 Å². The summed E-state index contributed by atoms with van der Waals surface area (Å²) in [7, 11) is 0. The van der Waals surface area contributed by atoms with Gasteiger partial charge in [-0.1, -0.05) is 11.6 Å². The van der Waals surface area contributed by atoms with Crippen LogP contribution in [0.3, 0.4) is 0 Å². The normalized spacial score (nSPS) is 22.4. The minimum Gasteiger partial charge on any atom is -0.484 e. The van der Waals surface area contributed by atoms with Crippen LogP contribution in [0.5, 0.6) is 5.75 Å². The van der Waals surface area contributed by atoms with E-state index in [0.717, 1.165) is 17.7 Å². The number of fused-ring (bicyclic) bond motifs is 1. The van der Waals surface area contributed by atoms with Crippen molar-refractivity contribution in [1.82, 2.24) is 0 Å². The van der Waals surface area contributed by atoms with Crippen molar-refractivity contribution in [3.8, 4) is 5.75 Å². The first-order chi connectivity index (χ1) is 8.65. The third kappa shape index (κ3) is 2.03. The molecule has 0 saturated heterocycles. The fourth-order valence-electron chi connectivity index (χ4n) is 2.35. The van der Waals surface area contributed by atoms with E-state index in [0.29, 0.717) is 5.02 Å². The number of aryl methyl sites for hydroxylation is 1. The molecule has 0 bridgehead atoms. The Bertz CT molecular complexity index is 581. The van der Waals surface area contributed by atoms with Crippen LogP contribution in [0, 0.1) is 6.92 Å². The second-order valence-corrected chi connectivity index (χ2v) is 5.98. The van der Waals surface area contributed by atoms with Crippen molar-refractivity contribution in [1.29, 1.82) is 0 Å². The molecule has 2 atom stereocenters. The number of benzene rings is 1. The zero-order valence-corrected chi connectivity index (χ0v) is 11.6. The third-order valence-electron chi connectivity index (χ3n) is 3.30. The van der Waals surface area contributed by atoms with Gasteiger partial charge in [-0.25, -0.2) is 0 Å². The van der Waals surface area contributed by atoms with Crippen LogP contribution in [0.4, 0.5) is 0 Å². The van der Waals surface area contributed by atoms with Gasteiger partial charge in [-0.3, -0.25) is 0 Å². The highest BCUT2D eigenvalue weighted by Crippen LogP contribution is 2.42. The summed E-state index contributed by atoms with van der Waals surface area (Å²) in [6, 6.07) is 7.76. The van der Waals surface area contributed by atoms with Crippen molar-refractivity contribution in [2.75, 3.05) is 0 Å². The highest BCUT2D eigenvalue weighted by Gasteiger charge is 2.28. The fourth-order valence-corrected chi connectivity index (χ4v) is 3.50. The van der Waals surface area contributed by atoms with E-state index in [4.69, 9.17) is 22.1 Å². The lowest BCUT2D eigenvalue weighted by Gasteiger charge is -2.30. The lowest BCUT2D eigenvalue weighted by atomic mass is 9.96. The second-order valence-electron chi connectivity index (χ2n) is 4.60. The minimum absolute atomic E-state index is 0.0149. The van der Waals surface area contributed by atoms with Gasteiger partial charge in [0.2, 0.25) is 0 Å². The summed E-state index contributed by atoms with van der Waals surface area (Å²) in [5.41, 5.74) is 8.51. The van der Waals surface area contributed by atoms with E-state index >= 15 is 0 Å². The van der Waals surface area contributed by atoms with Crippen molar-refractivity contribution in [3.05, 3.63) is 50.7 Å². The largest absolute Gasteiger partial charge is 0.484 e. The van der Waals surface area contributed by atoms with Gasteiger partial charge in [-0.15, -0.1) is 11.3 Å². The summed E-state index contributed by atoms with van der Waals surface area (Å²) in [6.07, 6.45) is 0.864. The molecule has 2 heterocycles. The van der Waals surface area contributed by atoms with Crippen LogP contribution in [0.15, 0.2) is 29.6 Å². The maximum absolute atomic E-state index is 6.23. The third-order valence-corrected chi connectivity index (χ3v) is 4.65. The molecule has 18 heavy (non-hydrogen) atoms. The van der Waals surface area contributed by atoms with Crippen LogP contribution in [-0.2, 0) is 0 Å². The highest BCUT2D eigenvalue weighted by atomic mass is 35.5. The van der Waals surface area contributed by atoms with Crippen molar-refractivity contribution in [3.63, 3.8) is 0 Å². The smallest absolute Gasteiger partial charge is 0.135 e. The zero-order chi connectivity index (χ0) is 12.7. The van der Waals surface area contributed by atoms with E-state index in [1.54, 1.807) is 11.3 Å². The first-order valence-corrected chi connectivity index (χ1v) is 7.16. The standard InChI is InChI=1S/C14H14ClNOS/c1-8-4-5-18-14(8)13-7-11(16)10-6-9(15)2-3-12(10)17-13/h2-6,11,13H,7,16H2,1H3. The van der Waals surface area contributed by atoms with Gasteiger partial charge in [-0.05, 0) is 42.1 Å². The van der Waals surface area contributed by atoms with E-state index < -0.39 is 0 Å². The average molecular weight is 280 g/mol. The highest BCUT2D eigenvalue weighted by molar-refractivity contribution is 7.10. The van der Waals surface area contributed by atoms with Gasteiger partial charge in [0.15, 0.2) is 0 Å². The molecule has 3 rings (SSSR count). The SMILES string of the molecule is Cc1ccsc1C1CC(N)c2cc(Cl)ccc2O1. The van der Waals surface area contributed by atoms with E-state index in [2.05, 4.69) is 18.4 Å². The van der Waals surface area contributed by atoms with Crippen LogP contribution in [0.1, 0.15) is 34.6 Å². The Morgan fingerprint density at radius 1 is 1.39 bits per heavy atom. The average Bonchev–Trinajstić information content (AvgIpc) is 2.76. The number of ether oxygens (including phenoxy) is 1. The predicted octanol–water partition coefficient (Wildman–Crippen LogP) is 4.23. The molecule has 1 aromatic carbocycles. The maximum Gasteiger partial charge on any atom is 0.135 e. The molecule has 0 saturated carbocycles. The molecule has 0 radical (unpaired) electrons. The predicted molar refractivity (Wildman–Crippen MR) is 75.4 cm³/mol. The van der Waals surface area contributed by atoms with Gasteiger partial charge >= 0.3 is 0 Å². The second kappa shape index (κ2) is 4.57. The van der Waals surface area contributed by atoms with Gasteiger partial charge in [0.05, 0.1) is 0 Å². The van der Waals surface area contributed by atoms with E-state index in [-0.39, 0.29) is 12.1 Å². The summed E-state index contributed by atoms with van der Waals surface area (Å²) in [6.45, 7) is 2.11. The van der Waals surface area contributed by atoms with E-state index in [1.807, 2.05) is 18.2 Å². The first-order valence-electron chi connectivity index (χ1n) is 5.91. The van der Waals surface area contributed by atoms with E-state index in [9.17, 15) is 0 Å². The van der Waals surface area contributed by atoms with Gasteiger partial charge in [0, 0.05) is 27.9 Å². The number of hydrogen-bond acceptors (Lipinski definition) is 3. The van der Waals surface area contributed by atoms with Crippen LogP contribution < -0.4 is 10.5 Å². The van der Waals surface area contributed by atoms with Gasteiger partial charge < -0.3 is 10.5 Å². The van der Waals surface area contributed by atoms with Crippen molar-refractivity contribution in [2.45, 2.75) is 25.5 Å². The number of nitrogens with two attached hydrogens (primary N) is 1. The first kappa shape index (κ1) is 12.0. The molecule has 2 aromatic rings. The lowest BCUT2D eigenvalue weighted by molar-refractivity contribution is 0.164. The van der Waals surface area contributed by atoms with Crippen LogP contribution in [-0.4, -0.2) is 0 Å². The molecule has 0 amide bonds. The molecule has 2 N–H and O–H groups in total. The Morgan fingerprint density at radius 2 is 2.22 bits per heavy atom. The number of rotatable bonds is 1. The van der Waals surface area contributed by atoms with Gasteiger partial charge in [0.25, 0.3) is 0 Å². The topological polar surface area (TPSA) is 35.2 Å². The van der Waals surface area contributed by atoms with Crippen molar-refractivity contribution < 1.29 is 4.74 Å². The zero-order valence-electron chi connectivity index (χ0n) is 10.0. The molecule has 2 unspecified atom stereocenters. The molecule has 0 aliphatic carbocycles. The Balaban J connectivity index is 1.97. The maximum atomic E-state index is 6.23. The molecule has 0 fully saturated rings. The monoisotopic (exact) mass is 279 g/mol. The summed E-state index contributed by atoms with van der Waals surface area (Å²) >= 11 is 7.72. The van der Waals surface area contributed by atoms with E-state index in [1.165, 1.54) is 10.4 Å². The number of halogens is 1. The molecular weight excluding hydrogens is 266 g/mol. The Labute approximate surface area is 115 Å². The van der Waals surface area contributed by atoms with Crippen molar-refractivity contribution >= 4 is 22.9 Å². The summed E-state index contributed by atoms with van der Waals surface area (Å²) in [5.74, 6) is 0.857. The summed E-state index contributed by atoms with van der Waals surface area (Å²) in [4.78, 5) is 1.27. The Morgan fingerprint density at radius 3 is 2.94 bits per heavy atom. The summed E-state index contributed by atoms with van der Waals surface area (Å²) in [5, 5.41) is 2.80. The van der Waals surface area contributed by atoms with Crippen molar-refractivity contribution in [2.24, 2.45) is 5.73 Å². The molecule has 2 nitrogen and oxygen atoms in total. The molecule has 1 aliphatic rings. The molecule has 1 aliphatic heterocycles. The fraction of sp³-hybridized carbons (Fsp3) is 0.286. The molecular formula is C14H14ClNOS. The quantitative estimate of drug-likeness (QED) is 0.848. The van der Waals surface area contributed by atoms with Crippen LogP contribution >= 0.6 is 22.9 Å². The summed E-state index contributed by atoms with van der Waals surface area (Å²) < 4.78 is 6.05. The molecule has 4 heteroatoms. The molecule has 1 aromatic heterocycles. The molecule has 0 spiro atoms. The number of hydrogen-bond donors (Lipinski definition) is 1. The molecule has 94 valence electrons. The Hall–Kier alpha value is -1.03. The minimum atomic E-state index is -0.0149. The number of thiophene rings is 1. The Kier molecular flexibility index (Phi) is 3.06. The van der Waals surface area contributed by atoms with Gasteiger partial charge in [0.1, 0.15) is 11.9 Å². The van der Waals surface area contributed by atoms with Crippen LogP contribution in [0.2, 0.25) is 5.02 Å². The lowest BCUT2D eigenvalue weighted by Crippen LogP contribution is -2.23. The van der Waals surface area contributed by atoms with Crippen LogP contribution in [0.25, 0.3) is 0 Å².